The zero-order chi connectivity index (χ0) is 15.9. The monoisotopic (exact) mass is 303 g/mol. The number of carboxylic acid groups (broad SMARTS) is 1. The van der Waals surface area contributed by atoms with Gasteiger partial charge in [-0.2, -0.15) is 0 Å². The normalized spacial score (nSPS) is 18.1. The van der Waals surface area contributed by atoms with Gasteiger partial charge in [-0.25, -0.2) is 9.78 Å². The summed E-state index contributed by atoms with van der Waals surface area (Å²) in [6, 6.07) is 1.71. The van der Waals surface area contributed by atoms with Crippen LogP contribution in [0.5, 0.6) is 0 Å². The van der Waals surface area contributed by atoms with E-state index in [0.717, 1.165) is 13.0 Å². The molecule has 1 aliphatic rings. The van der Waals surface area contributed by atoms with Crippen LogP contribution in [0, 0.1) is 0 Å². The van der Waals surface area contributed by atoms with Gasteiger partial charge in [0.2, 0.25) is 5.43 Å². The largest absolute Gasteiger partial charge is 0.477 e. The van der Waals surface area contributed by atoms with Crippen LogP contribution in [0.4, 0.5) is 5.82 Å². The molecule has 0 bridgehead atoms. The maximum Gasteiger partial charge on any atom is 0.341 e. The van der Waals surface area contributed by atoms with Crippen LogP contribution < -0.4 is 21.8 Å². The number of hydrogen-bond acceptors (Lipinski definition) is 6. The van der Waals surface area contributed by atoms with Crippen LogP contribution in [0.25, 0.3) is 11.0 Å². The molecular weight excluding hydrogens is 286 g/mol. The Balaban J connectivity index is 2.18. The number of hydrogen-bond donors (Lipinski definition) is 4. The molecule has 1 aliphatic heterocycles. The molecule has 0 spiro atoms. The number of rotatable bonds is 3. The van der Waals surface area contributed by atoms with Gasteiger partial charge in [-0.1, -0.05) is 0 Å². The number of carboxylic acids is 1. The summed E-state index contributed by atoms with van der Waals surface area (Å²) in [6.07, 6.45) is 2.04. The molecule has 2 aromatic heterocycles. The van der Waals surface area contributed by atoms with Crippen LogP contribution in [0.2, 0.25) is 0 Å². The van der Waals surface area contributed by atoms with Crippen LogP contribution in [-0.2, 0) is 6.54 Å². The number of nitrogens with zero attached hydrogens (tertiary/aromatic N) is 2. The second-order valence-electron chi connectivity index (χ2n) is 5.40. The van der Waals surface area contributed by atoms with Crippen LogP contribution in [0.15, 0.2) is 17.1 Å². The van der Waals surface area contributed by atoms with Crippen molar-refractivity contribution in [2.45, 2.75) is 19.0 Å². The number of pyridine rings is 2. The molecular formula is C14H17N5O3. The van der Waals surface area contributed by atoms with Gasteiger partial charge in [0.1, 0.15) is 17.0 Å². The fraction of sp³-hybridized carbons (Fsp3) is 0.357. The molecule has 6 N–H and O–H groups in total. The molecule has 0 aliphatic carbocycles. The van der Waals surface area contributed by atoms with Crippen molar-refractivity contribution in [3.05, 3.63) is 33.6 Å². The summed E-state index contributed by atoms with van der Waals surface area (Å²) in [5, 5.41) is 9.25. The van der Waals surface area contributed by atoms with Gasteiger partial charge in [0.05, 0.1) is 5.39 Å². The summed E-state index contributed by atoms with van der Waals surface area (Å²) >= 11 is 0. The minimum Gasteiger partial charge on any atom is -0.477 e. The fourth-order valence-corrected chi connectivity index (χ4v) is 2.74. The lowest BCUT2D eigenvalue weighted by Crippen LogP contribution is -2.28. The molecule has 1 unspecified atom stereocenters. The zero-order valence-corrected chi connectivity index (χ0v) is 11.9. The molecule has 3 rings (SSSR count). The number of H-pyrrole nitrogens is 1. The lowest BCUT2D eigenvalue weighted by atomic mass is 10.1. The maximum absolute atomic E-state index is 12.2. The van der Waals surface area contributed by atoms with Crippen molar-refractivity contribution in [1.82, 2.24) is 9.97 Å². The predicted octanol–water partition coefficient (Wildman–Crippen LogP) is -0.383. The number of aromatic carboxylic acids is 1. The van der Waals surface area contributed by atoms with E-state index in [2.05, 4.69) is 9.97 Å². The summed E-state index contributed by atoms with van der Waals surface area (Å²) in [5.74, 6) is -0.575. The third-order valence-corrected chi connectivity index (χ3v) is 3.90. The van der Waals surface area contributed by atoms with Gasteiger partial charge < -0.3 is 26.5 Å². The number of nitrogens with one attached hydrogen (secondary N) is 1. The van der Waals surface area contributed by atoms with Gasteiger partial charge >= 0.3 is 5.97 Å². The Labute approximate surface area is 125 Å². The number of nitrogens with two attached hydrogens (primary N) is 2. The van der Waals surface area contributed by atoms with Crippen molar-refractivity contribution >= 4 is 22.8 Å². The van der Waals surface area contributed by atoms with Gasteiger partial charge in [-0.05, 0) is 12.5 Å². The number of carbonyl (C=O) groups is 1. The molecule has 1 atom stereocenters. The van der Waals surface area contributed by atoms with Crippen molar-refractivity contribution in [1.29, 1.82) is 0 Å². The Morgan fingerprint density at radius 2 is 2.32 bits per heavy atom. The Hall–Kier alpha value is -2.45. The van der Waals surface area contributed by atoms with Crippen LogP contribution in [-0.4, -0.2) is 40.2 Å². The van der Waals surface area contributed by atoms with E-state index in [1.54, 1.807) is 6.07 Å². The number of aromatic amines is 1. The Morgan fingerprint density at radius 3 is 2.91 bits per heavy atom. The van der Waals surface area contributed by atoms with E-state index < -0.39 is 11.4 Å². The smallest absolute Gasteiger partial charge is 0.341 e. The first-order valence-electron chi connectivity index (χ1n) is 7.00. The SMILES string of the molecule is NCc1cc2c(=O)c(C(=O)O)c[nH]c2nc1N1CCC(N)C1. The van der Waals surface area contributed by atoms with E-state index >= 15 is 0 Å². The number of aromatic nitrogens is 2. The summed E-state index contributed by atoms with van der Waals surface area (Å²) in [7, 11) is 0. The van der Waals surface area contributed by atoms with Crippen molar-refractivity contribution in [3.63, 3.8) is 0 Å². The molecule has 0 amide bonds. The summed E-state index contributed by atoms with van der Waals surface area (Å²) in [4.78, 5) is 32.5. The van der Waals surface area contributed by atoms with Crippen LogP contribution in [0.3, 0.4) is 0 Å². The zero-order valence-electron chi connectivity index (χ0n) is 11.9. The summed E-state index contributed by atoms with van der Waals surface area (Å²) < 4.78 is 0. The molecule has 1 saturated heterocycles. The molecule has 0 aromatic carbocycles. The van der Waals surface area contributed by atoms with Crippen molar-refractivity contribution < 1.29 is 9.90 Å². The molecule has 8 heteroatoms. The maximum atomic E-state index is 12.2. The molecule has 22 heavy (non-hydrogen) atoms. The minimum absolute atomic E-state index is 0.0940. The van der Waals surface area contributed by atoms with Gasteiger partial charge in [-0.15, -0.1) is 0 Å². The van der Waals surface area contributed by atoms with Gasteiger partial charge in [-0.3, -0.25) is 4.79 Å². The fourth-order valence-electron chi connectivity index (χ4n) is 2.74. The van der Waals surface area contributed by atoms with Crippen molar-refractivity contribution in [2.24, 2.45) is 11.5 Å². The first-order chi connectivity index (χ1) is 10.5. The average Bonchev–Trinajstić information content (AvgIpc) is 2.92. The molecule has 2 aromatic rings. The second kappa shape index (κ2) is 5.39. The van der Waals surface area contributed by atoms with Gasteiger partial charge in [0.15, 0.2) is 0 Å². The van der Waals surface area contributed by atoms with Gasteiger partial charge in [0, 0.05) is 37.4 Å². The Kier molecular flexibility index (Phi) is 3.55. The molecule has 0 radical (unpaired) electrons. The van der Waals surface area contributed by atoms with E-state index in [1.165, 1.54) is 6.20 Å². The predicted molar refractivity (Wildman–Crippen MR) is 82.0 cm³/mol. The molecule has 1 fully saturated rings. The van der Waals surface area contributed by atoms with Crippen molar-refractivity contribution in [2.75, 3.05) is 18.0 Å². The Morgan fingerprint density at radius 1 is 1.55 bits per heavy atom. The average molecular weight is 303 g/mol. The number of anilines is 1. The van der Waals surface area contributed by atoms with Crippen molar-refractivity contribution in [3.8, 4) is 0 Å². The highest BCUT2D eigenvalue weighted by molar-refractivity contribution is 5.92. The molecule has 8 nitrogen and oxygen atoms in total. The lowest BCUT2D eigenvalue weighted by Gasteiger charge is -2.20. The molecule has 116 valence electrons. The first-order valence-corrected chi connectivity index (χ1v) is 7.00. The van der Waals surface area contributed by atoms with E-state index in [0.29, 0.717) is 23.6 Å². The van der Waals surface area contributed by atoms with Crippen LogP contribution in [0.1, 0.15) is 22.3 Å². The minimum atomic E-state index is -1.27. The highest BCUT2D eigenvalue weighted by Gasteiger charge is 2.23. The molecule has 0 saturated carbocycles. The van der Waals surface area contributed by atoms with E-state index in [9.17, 15) is 9.59 Å². The van der Waals surface area contributed by atoms with E-state index in [4.69, 9.17) is 16.6 Å². The van der Waals surface area contributed by atoms with Gasteiger partial charge in [0.25, 0.3) is 0 Å². The highest BCUT2D eigenvalue weighted by atomic mass is 16.4. The summed E-state index contributed by atoms with van der Waals surface area (Å²) in [5.41, 5.74) is 11.9. The van der Waals surface area contributed by atoms with Crippen LogP contribution >= 0.6 is 0 Å². The topological polar surface area (TPSA) is 138 Å². The quantitative estimate of drug-likeness (QED) is 0.606. The third kappa shape index (κ3) is 2.32. The lowest BCUT2D eigenvalue weighted by molar-refractivity contribution is 0.0695. The first kappa shape index (κ1) is 14.5. The third-order valence-electron chi connectivity index (χ3n) is 3.90. The summed E-state index contributed by atoms with van der Waals surface area (Å²) in [6.45, 7) is 1.67. The van der Waals surface area contributed by atoms with E-state index in [-0.39, 0.29) is 23.5 Å². The second-order valence-corrected chi connectivity index (χ2v) is 5.40. The standard InChI is InChI=1S/C14H17N5O3/c15-4-7-3-9-11(20)10(14(21)22)5-17-12(9)18-13(7)19-2-1-8(16)6-19/h3,5,8H,1-2,4,6,15-16H2,(H,21,22)(H,17,18,20). The molecule has 3 heterocycles. The Bertz CT molecular complexity index is 801. The van der Waals surface area contributed by atoms with E-state index in [1.807, 2.05) is 4.90 Å². The number of fused-ring (bicyclic) bond motifs is 1. The highest BCUT2D eigenvalue weighted by Crippen LogP contribution is 2.24.